The molecule has 11 heteroatoms. The number of halogens is 1. The zero-order valence-corrected chi connectivity index (χ0v) is 20.6. The Labute approximate surface area is 208 Å². The molecule has 0 bridgehead atoms. The third kappa shape index (κ3) is 9.32. The van der Waals surface area contributed by atoms with Crippen LogP contribution in [-0.4, -0.2) is 47.2 Å². The summed E-state index contributed by atoms with van der Waals surface area (Å²) in [4.78, 5) is 48.6. The van der Waals surface area contributed by atoms with Crippen LogP contribution in [0.3, 0.4) is 0 Å². The lowest BCUT2D eigenvalue weighted by molar-refractivity contribution is -0.384. The topological polar surface area (TPSA) is 137 Å². The van der Waals surface area contributed by atoms with Gasteiger partial charge in [-0.2, -0.15) is 0 Å². The van der Waals surface area contributed by atoms with E-state index in [0.717, 1.165) is 0 Å². The first kappa shape index (κ1) is 28.2. The number of nitro benzene ring substituents is 1. The van der Waals surface area contributed by atoms with Crippen LogP contribution in [-0.2, 0) is 31.9 Å². The van der Waals surface area contributed by atoms with Crippen molar-refractivity contribution in [1.29, 1.82) is 0 Å². The summed E-state index contributed by atoms with van der Waals surface area (Å²) in [5.41, 5.74) is 0.167. The maximum atomic E-state index is 13.3. The number of nitro groups is 1. The molecule has 0 radical (unpaired) electrons. The second-order valence-electron chi connectivity index (χ2n) is 8.97. The summed E-state index contributed by atoms with van der Waals surface area (Å²) in [7, 11) is 0. The molecule has 2 aromatic carbocycles. The normalized spacial score (nSPS) is 12.7. The minimum absolute atomic E-state index is 0.0293. The van der Waals surface area contributed by atoms with Gasteiger partial charge < -0.3 is 20.1 Å². The SMILES string of the molecule is CCOC(=O)[C@H](Cc1ccc(F)cc1)NC(=O)[C@H](Cc1ccc([N+](=O)[O-])cc1)NC(=O)OC(C)(C)C. The molecule has 36 heavy (non-hydrogen) atoms. The largest absolute Gasteiger partial charge is 0.464 e. The van der Waals surface area contributed by atoms with Crippen molar-refractivity contribution in [2.75, 3.05) is 6.61 Å². The van der Waals surface area contributed by atoms with Crippen molar-refractivity contribution in [3.63, 3.8) is 0 Å². The molecule has 2 aromatic rings. The number of nitrogens with one attached hydrogen (secondary N) is 2. The minimum atomic E-state index is -1.17. The zero-order valence-electron chi connectivity index (χ0n) is 20.6. The smallest absolute Gasteiger partial charge is 0.408 e. The molecule has 0 heterocycles. The molecule has 0 aliphatic carbocycles. The van der Waals surface area contributed by atoms with E-state index in [-0.39, 0.29) is 25.1 Å². The number of ether oxygens (including phenoxy) is 2. The van der Waals surface area contributed by atoms with Gasteiger partial charge in [-0.05, 0) is 51.0 Å². The highest BCUT2D eigenvalue weighted by atomic mass is 19.1. The predicted octanol–water partition coefficient (Wildman–Crippen LogP) is 3.46. The van der Waals surface area contributed by atoms with Crippen LogP contribution < -0.4 is 10.6 Å². The lowest BCUT2D eigenvalue weighted by atomic mass is 10.0. The summed E-state index contributed by atoms with van der Waals surface area (Å²) >= 11 is 0. The number of carbonyl (C=O) groups is 3. The summed E-state index contributed by atoms with van der Waals surface area (Å²) in [6.07, 6.45) is -0.854. The van der Waals surface area contributed by atoms with Crippen LogP contribution in [0.5, 0.6) is 0 Å². The Kier molecular flexibility index (Phi) is 9.89. The molecule has 0 saturated heterocycles. The number of hydrogen-bond donors (Lipinski definition) is 2. The van der Waals surface area contributed by atoms with Gasteiger partial charge in [0.15, 0.2) is 0 Å². The van der Waals surface area contributed by atoms with Gasteiger partial charge in [0.2, 0.25) is 5.91 Å². The molecule has 0 aromatic heterocycles. The molecule has 0 aliphatic heterocycles. The van der Waals surface area contributed by atoms with E-state index < -0.39 is 46.4 Å². The fourth-order valence-electron chi connectivity index (χ4n) is 3.21. The first-order valence-corrected chi connectivity index (χ1v) is 11.3. The Hall–Kier alpha value is -4.02. The van der Waals surface area contributed by atoms with Crippen LogP contribution in [0.25, 0.3) is 0 Å². The molecule has 0 unspecified atom stereocenters. The molecular formula is C25H30FN3O7. The van der Waals surface area contributed by atoms with Gasteiger partial charge in [-0.25, -0.2) is 14.0 Å². The second-order valence-corrected chi connectivity index (χ2v) is 8.97. The Morgan fingerprint density at radius 2 is 1.47 bits per heavy atom. The number of non-ortho nitro benzene ring substituents is 1. The lowest BCUT2D eigenvalue weighted by Gasteiger charge is -2.25. The number of nitrogens with zero attached hydrogens (tertiary/aromatic N) is 1. The summed E-state index contributed by atoms with van der Waals surface area (Å²) in [6.45, 7) is 6.69. The quantitative estimate of drug-likeness (QED) is 0.288. The molecule has 194 valence electrons. The Balaban J connectivity index is 2.26. The van der Waals surface area contributed by atoms with Gasteiger partial charge >= 0.3 is 12.1 Å². The summed E-state index contributed by atoms with van der Waals surface area (Å²) in [6, 6.07) is 8.67. The molecule has 2 atom stereocenters. The van der Waals surface area contributed by atoms with Gasteiger partial charge in [0, 0.05) is 25.0 Å². The number of alkyl carbamates (subject to hydrolysis) is 1. The van der Waals surface area contributed by atoms with Crippen LogP contribution in [0.15, 0.2) is 48.5 Å². The highest BCUT2D eigenvalue weighted by molar-refractivity contribution is 5.90. The van der Waals surface area contributed by atoms with E-state index in [1.54, 1.807) is 27.7 Å². The number of rotatable bonds is 10. The third-order valence-corrected chi connectivity index (χ3v) is 4.84. The molecule has 2 rings (SSSR count). The molecular weight excluding hydrogens is 473 g/mol. The molecule has 0 aliphatic rings. The number of benzene rings is 2. The maximum absolute atomic E-state index is 13.3. The summed E-state index contributed by atoms with van der Waals surface area (Å²) < 4.78 is 23.6. The monoisotopic (exact) mass is 503 g/mol. The number of esters is 1. The van der Waals surface area contributed by atoms with E-state index in [4.69, 9.17) is 9.47 Å². The number of hydrogen-bond acceptors (Lipinski definition) is 7. The van der Waals surface area contributed by atoms with Gasteiger partial charge in [-0.3, -0.25) is 14.9 Å². The molecule has 0 spiro atoms. The van der Waals surface area contributed by atoms with E-state index in [0.29, 0.717) is 11.1 Å². The lowest BCUT2D eigenvalue weighted by Crippen LogP contribution is -2.54. The van der Waals surface area contributed by atoms with Crippen LogP contribution in [0, 0.1) is 15.9 Å². The van der Waals surface area contributed by atoms with Crippen molar-refractivity contribution in [2.45, 2.75) is 58.2 Å². The van der Waals surface area contributed by atoms with E-state index in [1.807, 2.05) is 0 Å². The van der Waals surface area contributed by atoms with Gasteiger partial charge in [0.25, 0.3) is 5.69 Å². The molecule has 10 nitrogen and oxygen atoms in total. The number of amides is 2. The van der Waals surface area contributed by atoms with Crippen molar-refractivity contribution >= 4 is 23.7 Å². The Morgan fingerprint density at radius 1 is 0.944 bits per heavy atom. The Morgan fingerprint density at radius 3 is 1.97 bits per heavy atom. The van der Waals surface area contributed by atoms with Crippen molar-refractivity contribution < 1.29 is 33.2 Å². The van der Waals surface area contributed by atoms with E-state index >= 15 is 0 Å². The average Bonchev–Trinajstić information content (AvgIpc) is 2.78. The fourth-order valence-corrected chi connectivity index (χ4v) is 3.21. The van der Waals surface area contributed by atoms with Crippen molar-refractivity contribution in [2.24, 2.45) is 0 Å². The standard InChI is InChI=1S/C25H30FN3O7/c1-5-35-23(31)21(15-16-6-10-18(26)11-7-16)27-22(30)20(28-24(32)36-25(2,3)4)14-17-8-12-19(13-9-17)29(33)34/h6-13,20-21H,5,14-15H2,1-4H3,(H,27,30)(H,28,32)/t20-,21-/m0/s1. The molecule has 0 saturated carbocycles. The summed E-state index contributed by atoms with van der Waals surface area (Å²) in [5, 5.41) is 16.0. The van der Waals surface area contributed by atoms with Gasteiger partial charge in [-0.15, -0.1) is 0 Å². The van der Waals surface area contributed by atoms with E-state index in [9.17, 15) is 28.9 Å². The summed E-state index contributed by atoms with van der Waals surface area (Å²) in [5.74, 6) is -1.83. The molecule has 2 N–H and O–H groups in total. The third-order valence-electron chi connectivity index (χ3n) is 4.84. The van der Waals surface area contributed by atoms with Crippen molar-refractivity contribution in [3.05, 3.63) is 75.6 Å². The second kappa shape index (κ2) is 12.6. The highest BCUT2D eigenvalue weighted by Crippen LogP contribution is 2.15. The zero-order chi connectivity index (χ0) is 26.9. The van der Waals surface area contributed by atoms with Crippen LogP contribution in [0.2, 0.25) is 0 Å². The first-order chi connectivity index (χ1) is 16.9. The average molecular weight is 504 g/mol. The van der Waals surface area contributed by atoms with E-state index in [1.165, 1.54) is 48.5 Å². The van der Waals surface area contributed by atoms with E-state index in [2.05, 4.69) is 10.6 Å². The van der Waals surface area contributed by atoms with Crippen molar-refractivity contribution in [1.82, 2.24) is 10.6 Å². The predicted molar refractivity (Wildman–Crippen MR) is 129 cm³/mol. The Bertz CT molecular complexity index is 1070. The molecule has 2 amide bonds. The van der Waals surface area contributed by atoms with Gasteiger partial charge in [0.1, 0.15) is 23.5 Å². The van der Waals surface area contributed by atoms with Gasteiger partial charge in [0.05, 0.1) is 11.5 Å². The first-order valence-electron chi connectivity index (χ1n) is 11.3. The van der Waals surface area contributed by atoms with Gasteiger partial charge in [-0.1, -0.05) is 24.3 Å². The highest BCUT2D eigenvalue weighted by Gasteiger charge is 2.29. The number of carbonyl (C=O) groups excluding carboxylic acids is 3. The van der Waals surface area contributed by atoms with Crippen LogP contribution in [0.4, 0.5) is 14.9 Å². The molecule has 0 fully saturated rings. The van der Waals surface area contributed by atoms with Crippen LogP contribution in [0.1, 0.15) is 38.8 Å². The fraction of sp³-hybridized carbons (Fsp3) is 0.400. The maximum Gasteiger partial charge on any atom is 0.408 e. The van der Waals surface area contributed by atoms with Crippen molar-refractivity contribution in [3.8, 4) is 0 Å². The van der Waals surface area contributed by atoms with Crippen LogP contribution >= 0.6 is 0 Å². The minimum Gasteiger partial charge on any atom is -0.464 e.